The molecule has 0 saturated carbocycles. The molecule has 8 nitrogen and oxygen atoms in total. The fourth-order valence-corrected chi connectivity index (χ4v) is 6.07. The molecule has 1 aromatic heterocycles. The van der Waals surface area contributed by atoms with Crippen LogP contribution in [-0.4, -0.2) is 61.7 Å². The zero-order valence-electron chi connectivity index (χ0n) is 18.0. The number of benzene rings is 2. The number of carbonyl (C=O) groups is 1. The summed E-state index contributed by atoms with van der Waals surface area (Å²) in [7, 11) is -2.21. The third-order valence-electron chi connectivity index (χ3n) is 5.35. The van der Waals surface area contributed by atoms with Crippen LogP contribution in [0.2, 0.25) is 0 Å². The smallest absolute Gasteiger partial charge is 0.337 e. The second-order valence-corrected chi connectivity index (χ2v) is 10.2. The van der Waals surface area contributed by atoms with Gasteiger partial charge in [-0.1, -0.05) is 23.9 Å². The highest BCUT2D eigenvalue weighted by Gasteiger charge is 2.27. The zero-order valence-corrected chi connectivity index (χ0v) is 19.6. The molecule has 170 valence electrons. The molecule has 2 heterocycles. The Morgan fingerprint density at radius 1 is 1.16 bits per heavy atom. The SMILES string of the molecule is CCn1c(SCc2ccc(C(=O)OC)cc2)nc2cc(S(=O)(=O)N3CCOCC3)ccc21. The van der Waals surface area contributed by atoms with Crippen molar-refractivity contribution in [2.24, 2.45) is 0 Å². The molecule has 3 aromatic rings. The number of methoxy groups -OCH3 is 1. The Morgan fingerprint density at radius 3 is 2.53 bits per heavy atom. The summed E-state index contributed by atoms with van der Waals surface area (Å²) in [6, 6.07) is 12.4. The van der Waals surface area contributed by atoms with Crippen molar-refractivity contribution in [1.82, 2.24) is 13.9 Å². The first-order valence-electron chi connectivity index (χ1n) is 10.3. The van der Waals surface area contributed by atoms with Gasteiger partial charge in [0.2, 0.25) is 10.0 Å². The van der Waals surface area contributed by atoms with Gasteiger partial charge in [-0.25, -0.2) is 18.2 Å². The average Bonchev–Trinajstić information content (AvgIpc) is 3.19. The Hall–Kier alpha value is -2.40. The van der Waals surface area contributed by atoms with E-state index in [0.29, 0.717) is 43.1 Å². The molecule has 2 aromatic carbocycles. The number of aryl methyl sites for hydroxylation is 1. The molecule has 0 amide bonds. The minimum absolute atomic E-state index is 0.252. The Bertz CT molecular complexity index is 1220. The molecule has 1 aliphatic heterocycles. The molecule has 32 heavy (non-hydrogen) atoms. The number of imidazole rings is 1. The molecule has 0 N–H and O–H groups in total. The van der Waals surface area contributed by atoms with Crippen LogP contribution in [0.3, 0.4) is 0 Å². The number of esters is 1. The van der Waals surface area contributed by atoms with Crippen LogP contribution in [0.4, 0.5) is 0 Å². The van der Waals surface area contributed by atoms with Gasteiger partial charge in [0.1, 0.15) is 0 Å². The number of rotatable bonds is 7. The van der Waals surface area contributed by atoms with Gasteiger partial charge >= 0.3 is 5.97 Å². The summed E-state index contributed by atoms with van der Waals surface area (Å²) in [5.74, 6) is 0.309. The first kappa shape index (κ1) is 22.8. The number of hydrogen-bond acceptors (Lipinski definition) is 7. The molecular formula is C22H25N3O5S2. The van der Waals surface area contributed by atoms with Crippen LogP contribution >= 0.6 is 11.8 Å². The predicted octanol–water partition coefficient (Wildman–Crippen LogP) is 3.16. The summed E-state index contributed by atoms with van der Waals surface area (Å²) in [5.41, 5.74) is 3.12. The topological polar surface area (TPSA) is 90.7 Å². The maximum absolute atomic E-state index is 13.0. The quantitative estimate of drug-likeness (QED) is 0.383. The second-order valence-electron chi connectivity index (χ2n) is 7.28. The largest absolute Gasteiger partial charge is 0.465 e. The number of carbonyl (C=O) groups excluding carboxylic acids is 1. The second kappa shape index (κ2) is 9.62. The van der Waals surface area contributed by atoms with E-state index in [1.54, 1.807) is 36.0 Å². The average molecular weight is 476 g/mol. The molecule has 0 atom stereocenters. The zero-order chi connectivity index (χ0) is 22.7. The number of fused-ring (bicyclic) bond motifs is 1. The van der Waals surface area contributed by atoms with Crippen molar-refractivity contribution in [3.8, 4) is 0 Å². The molecule has 1 fully saturated rings. The van der Waals surface area contributed by atoms with Crippen LogP contribution in [0.1, 0.15) is 22.8 Å². The van der Waals surface area contributed by atoms with Gasteiger partial charge in [0.15, 0.2) is 5.16 Å². The van der Waals surface area contributed by atoms with Crippen molar-refractivity contribution >= 4 is 38.8 Å². The highest BCUT2D eigenvalue weighted by Crippen LogP contribution is 2.29. The van der Waals surface area contributed by atoms with Gasteiger partial charge in [-0.05, 0) is 42.8 Å². The summed E-state index contributed by atoms with van der Waals surface area (Å²) in [6.07, 6.45) is 0. The monoisotopic (exact) mass is 475 g/mol. The first-order valence-corrected chi connectivity index (χ1v) is 12.7. The van der Waals surface area contributed by atoms with E-state index in [0.717, 1.165) is 22.8 Å². The van der Waals surface area contributed by atoms with Gasteiger partial charge in [-0.15, -0.1) is 0 Å². The number of aromatic nitrogens is 2. The number of ether oxygens (including phenoxy) is 2. The number of hydrogen-bond donors (Lipinski definition) is 0. The molecule has 0 spiro atoms. The summed E-state index contributed by atoms with van der Waals surface area (Å²) in [4.78, 5) is 16.6. The summed E-state index contributed by atoms with van der Waals surface area (Å²) >= 11 is 1.57. The lowest BCUT2D eigenvalue weighted by Crippen LogP contribution is -2.40. The maximum Gasteiger partial charge on any atom is 0.337 e. The molecule has 10 heteroatoms. The number of nitrogens with zero attached hydrogens (tertiary/aromatic N) is 3. The fourth-order valence-electron chi connectivity index (χ4n) is 3.60. The van der Waals surface area contributed by atoms with E-state index in [1.165, 1.54) is 11.4 Å². The maximum atomic E-state index is 13.0. The van der Waals surface area contributed by atoms with Crippen LogP contribution in [0.5, 0.6) is 0 Å². The molecular weight excluding hydrogens is 450 g/mol. The van der Waals surface area contributed by atoms with Crippen molar-refractivity contribution in [1.29, 1.82) is 0 Å². The Balaban J connectivity index is 1.56. The van der Waals surface area contributed by atoms with Crippen LogP contribution < -0.4 is 0 Å². The van der Waals surface area contributed by atoms with Crippen molar-refractivity contribution < 1.29 is 22.7 Å². The molecule has 0 bridgehead atoms. The fraction of sp³-hybridized carbons (Fsp3) is 0.364. The van der Waals surface area contributed by atoms with E-state index in [4.69, 9.17) is 14.5 Å². The minimum Gasteiger partial charge on any atom is -0.465 e. The van der Waals surface area contributed by atoms with Gasteiger partial charge in [0.25, 0.3) is 0 Å². The van der Waals surface area contributed by atoms with Gasteiger partial charge in [0.05, 0.1) is 41.8 Å². The highest BCUT2D eigenvalue weighted by atomic mass is 32.2. The van der Waals surface area contributed by atoms with Crippen molar-refractivity contribution in [3.05, 3.63) is 53.6 Å². The predicted molar refractivity (Wildman–Crippen MR) is 122 cm³/mol. The van der Waals surface area contributed by atoms with E-state index >= 15 is 0 Å². The van der Waals surface area contributed by atoms with Gasteiger partial charge in [-0.3, -0.25) is 0 Å². The number of thioether (sulfide) groups is 1. The molecule has 1 aliphatic rings. The minimum atomic E-state index is -3.57. The standard InChI is InChI=1S/C22H25N3O5S2/c1-3-25-20-9-8-18(32(27,28)24-10-12-30-13-11-24)14-19(20)23-22(25)31-15-16-4-6-17(7-5-16)21(26)29-2/h4-9,14H,3,10-13,15H2,1-2H3. The van der Waals surface area contributed by atoms with E-state index in [9.17, 15) is 13.2 Å². The van der Waals surface area contributed by atoms with Gasteiger partial charge in [-0.2, -0.15) is 4.31 Å². The number of morpholine rings is 1. The van der Waals surface area contributed by atoms with Crippen LogP contribution in [0.25, 0.3) is 11.0 Å². The van der Waals surface area contributed by atoms with E-state index in [-0.39, 0.29) is 10.9 Å². The Morgan fingerprint density at radius 2 is 1.88 bits per heavy atom. The third-order valence-corrected chi connectivity index (χ3v) is 8.29. The van der Waals surface area contributed by atoms with Crippen LogP contribution in [0.15, 0.2) is 52.5 Å². The van der Waals surface area contributed by atoms with Crippen LogP contribution in [-0.2, 0) is 31.8 Å². The Labute approximate surface area is 191 Å². The summed E-state index contributed by atoms with van der Waals surface area (Å²) in [5, 5.41) is 0.820. The summed E-state index contributed by atoms with van der Waals surface area (Å²) in [6.45, 7) is 4.30. The third kappa shape index (κ3) is 4.54. The van der Waals surface area contributed by atoms with Gasteiger partial charge < -0.3 is 14.0 Å². The summed E-state index contributed by atoms with van der Waals surface area (Å²) < 4.78 is 39.5. The van der Waals surface area contributed by atoms with Crippen molar-refractivity contribution in [3.63, 3.8) is 0 Å². The lowest BCUT2D eigenvalue weighted by molar-refractivity contribution is 0.0600. The first-order chi connectivity index (χ1) is 15.4. The Kier molecular flexibility index (Phi) is 6.85. The van der Waals surface area contributed by atoms with E-state index in [1.807, 2.05) is 25.1 Å². The normalized spacial score (nSPS) is 15.2. The molecule has 0 unspecified atom stereocenters. The molecule has 1 saturated heterocycles. The van der Waals surface area contributed by atoms with E-state index < -0.39 is 10.0 Å². The van der Waals surface area contributed by atoms with E-state index in [2.05, 4.69) is 4.57 Å². The molecule has 4 rings (SSSR count). The van der Waals surface area contributed by atoms with Gasteiger partial charge in [0, 0.05) is 25.4 Å². The lowest BCUT2D eigenvalue weighted by Gasteiger charge is -2.26. The molecule has 0 aliphatic carbocycles. The van der Waals surface area contributed by atoms with Crippen molar-refractivity contribution in [2.75, 3.05) is 33.4 Å². The van der Waals surface area contributed by atoms with Crippen molar-refractivity contribution in [2.45, 2.75) is 29.3 Å². The lowest BCUT2D eigenvalue weighted by atomic mass is 10.1. The molecule has 0 radical (unpaired) electrons. The van der Waals surface area contributed by atoms with Crippen LogP contribution in [0, 0.1) is 0 Å². The number of sulfonamides is 1. The highest BCUT2D eigenvalue weighted by molar-refractivity contribution is 7.98.